The molecule has 0 atom stereocenters. The zero-order chi connectivity index (χ0) is 17.8. The summed E-state index contributed by atoms with van der Waals surface area (Å²) in [5.41, 5.74) is 1.21. The van der Waals surface area contributed by atoms with Gasteiger partial charge < -0.3 is 15.5 Å². The van der Waals surface area contributed by atoms with E-state index in [1.165, 1.54) is 11.3 Å². The molecule has 2 heterocycles. The van der Waals surface area contributed by atoms with Gasteiger partial charge in [-0.05, 0) is 31.2 Å². The second kappa shape index (κ2) is 8.27. The van der Waals surface area contributed by atoms with Crippen LogP contribution < -0.4 is 5.32 Å². The lowest BCUT2D eigenvalue weighted by Crippen LogP contribution is -2.49. The van der Waals surface area contributed by atoms with Crippen LogP contribution in [0.15, 0.2) is 0 Å². The first-order valence-corrected chi connectivity index (χ1v) is 9.63. The quantitative estimate of drug-likeness (QED) is 0.691. The highest BCUT2D eigenvalue weighted by Crippen LogP contribution is 2.38. The van der Waals surface area contributed by atoms with Crippen molar-refractivity contribution in [2.24, 2.45) is 0 Å². The van der Waals surface area contributed by atoms with Crippen molar-refractivity contribution in [1.82, 2.24) is 9.80 Å². The molecule has 0 spiro atoms. The Kier molecular flexibility index (Phi) is 6.06. The summed E-state index contributed by atoms with van der Waals surface area (Å²) in [4.78, 5) is 29.4. The fraction of sp³-hybridized carbons (Fsp3) is 0.647. The molecule has 1 aliphatic carbocycles. The van der Waals surface area contributed by atoms with Crippen LogP contribution in [0.4, 0.5) is 5.00 Å². The molecule has 0 bridgehead atoms. The van der Waals surface area contributed by atoms with Crippen molar-refractivity contribution >= 4 is 28.2 Å². The Hall–Kier alpha value is -1.48. The molecule has 7 nitrogen and oxygen atoms in total. The molecule has 1 aromatic rings. The summed E-state index contributed by atoms with van der Waals surface area (Å²) < 4.78 is 0. The lowest BCUT2D eigenvalue weighted by molar-refractivity contribution is -0.117. The number of piperazine rings is 1. The third-order valence-electron chi connectivity index (χ3n) is 4.89. The van der Waals surface area contributed by atoms with E-state index in [4.69, 9.17) is 5.11 Å². The first-order valence-electron chi connectivity index (χ1n) is 8.81. The predicted molar refractivity (Wildman–Crippen MR) is 96.5 cm³/mol. The Morgan fingerprint density at radius 2 is 1.76 bits per heavy atom. The van der Waals surface area contributed by atoms with Crippen LogP contribution in [0.3, 0.4) is 0 Å². The number of nitrogens with zero attached hydrogens (tertiary/aromatic N) is 2. The number of hydrogen-bond donors (Lipinski definition) is 3. The number of carboxylic acids is 1. The molecular formula is C17H25N3O4S. The van der Waals surface area contributed by atoms with Gasteiger partial charge in [0.1, 0.15) is 5.00 Å². The molecule has 0 radical (unpaired) electrons. The molecule has 3 rings (SSSR count). The summed E-state index contributed by atoms with van der Waals surface area (Å²) in [5.74, 6) is -1.11. The highest BCUT2D eigenvalue weighted by atomic mass is 32.1. The largest absolute Gasteiger partial charge is 0.478 e. The topological polar surface area (TPSA) is 93.1 Å². The third-order valence-corrected chi connectivity index (χ3v) is 6.09. The van der Waals surface area contributed by atoms with Gasteiger partial charge in [0.05, 0.1) is 18.7 Å². The lowest BCUT2D eigenvalue weighted by atomic mass is 9.95. The summed E-state index contributed by atoms with van der Waals surface area (Å²) in [6.07, 6.45) is 3.78. The van der Waals surface area contributed by atoms with Gasteiger partial charge >= 0.3 is 5.97 Å². The Labute approximate surface area is 151 Å². The lowest BCUT2D eigenvalue weighted by Gasteiger charge is -2.33. The van der Waals surface area contributed by atoms with Gasteiger partial charge in [-0.15, -0.1) is 11.3 Å². The molecule has 138 valence electrons. The number of carboxylic acid groups (broad SMARTS) is 1. The molecular weight excluding hydrogens is 342 g/mol. The zero-order valence-corrected chi connectivity index (χ0v) is 15.1. The molecule has 1 fully saturated rings. The Morgan fingerprint density at radius 1 is 1.08 bits per heavy atom. The van der Waals surface area contributed by atoms with Crippen molar-refractivity contribution in [3.8, 4) is 0 Å². The summed E-state index contributed by atoms with van der Waals surface area (Å²) in [5, 5.41) is 21.8. The van der Waals surface area contributed by atoms with Crippen molar-refractivity contribution in [3.63, 3.8) is 0 Å². The van der Waals surface area contributed by atoms with Gasteiger partial charge in [0.15, 0.2) is 0 Å². The van der Waals surface area contributed by atoms with Crippen LogP contribution in [0, 0.1) is 0 Å². The van der Waals surface area contributed by atoms with E-state index >= 15 is 0 Å². The number of carbonyl (C=O) groups excluding carboxylic acids is 1. The van der Waals surface area contributed by atoms with E-state index in [1.54, 1.807) is 0 Å². The van der Waals surface area contributed by atoms with Crippen LogP contribution in [0.1, 0.15) is 33.6 Å². The molecule has 0 saturated carbocycles. The molecule has 8 heteroatoms. The van der Waals surface area contributed by atoms with E-state index in [1.807, 2.05) is 0 Å². The number of fused-ring (bicyclic) bond motifs is 1. The first kappa shape index (κ1) is 18.3. The van der Waals surface area contributed by atoms with Crippen molar-refractivity contribution < 1.29 is 19.8 Å². The van der Waals surface area contributed by atoms with Gasteiger partial charge in [-0.1, -0.05) is 0 Å². The van der Waals surface area contributed by atoms with Crippen LogP contribution in [0.25, 0.3) is 0 Å². The van der Waals surface area contributed by atoms with Crippen molar-refractivity contribution in [2.45, 2.75) is 25.7 Å². The smallest absolute Gasteiger partial charge is 0.339 e. The van der Waals surface area contributed by atoms with E-state index in [0.29, 0.717) is 17.1 Å². The average Bonchev–Trinajstić information content (AvgIpc) is 2.94. The Bertz CT molecular complexity index is 638. The minimum absolute atomic E-state index is 0.154. The number of rotatable bonds is 6. The number of nitrogens with one attached hydrogen (secondary N) is 1. The Morgan fingerprint density at radius 3 is 2.44 bits per heavy atom. The number of hydrogen-bond acceptors (Lipinski definition) is 6. The van der Waals surface area contributed by atoms with Gasteiger partial charge in [-0.3, -0.25) is 14.6 Å². The van der Waals surface area contributed by atoms with Gasteiger partial charge in [0.25, 0.3) is 0 Å². The molecule has 1 amide bonds. The number of amides is 1. The van der Waals surface area contributed by atoms with E-state index < -0.39 is 5.97 Å². The molecule has 2 aliphatic rings. The minimum atomic E-state index is -0.952. The number of aliphatic hydroxyl groups excluding tert-OH is 1. The summed E-state index contributed by atoms with van der Waals surface area (Å²) in [6.45, 7) is 4.32. The van der Waals surface area contributed by atoms with Crippen molar-refractivity contribution in [1.29, 1.82) is 0 Å². The van der Waals surface area contributed by atoms with E-state index in [9.17, 15) is 14.7 Å². The molecule has 25 heavy (non-hydrogen) atoms. The third kappa shape index (κ3) is 4.38. The van der Waals surface area contributed by atoms with E-state index in [-0.39, 0.29) is 19.1 Å². The highest BCUT2D eigenvalue weighted by molar-refractivity contribution is 7.17. The molecule has 0 unspecified atom stereocenters. The van der Waals surface area contributed by atoms with Crippen LogP contribution in [-0.4, -0.2) is 77.8 Å². The minimum Gasteiger partial charge on any atom is -0.478 e. The number of aryl methyl sites for hydroxylation is 1. The second-order valence-electron chi connectivity index (χ2n) is 6.61. The van der Waals surface area contributed by atoms with Crippen LogP contribution in [0.2, 0.25) is 0 Å². The number of thiophene rings is 1. The van der Waals surface area contributed by atoms with Crippen LogP contribution >= 0.6 is 11.3 Å². The first-order chi connectivity index (χ1) is 12.1. The molecule has 1 saturated heterocycles. The second-order valence-corrected chi connectivity index (χ2v) is 7.71. The van der Waals surface area contributed by atoms with Gasteiger partial charge in [-0.2, -0.15) is 0 Å². The average molecular weight is 367 g/mol. The monoisotopic (exact) mass is 367 g/mol. The van der Waals surface area contributed by atoms with E-state index in [0.717, 1.165) is 62.3 Å². The van der Waals surface area contributed by atoms with Crippen molar-refractivity contribution in [3.05, 3.63) is 16.0 Å². The van der Waals surface area contributed by atoms with Crippen LogP contribution in [-0.2, 0) is 17.6 Å². The molecule has 0 aromatic carbocycles. The normalized spacial score (nSPS) is 18.8. The van der Waals surface area contributed by atoms with Gasteiger partial charge in [-0.25, -0.2) is 4.79 Å². The number of anilines is 1. The van der Waals surface area contributed by atoms with Gasteiger partial charge in [0, 0.05) is 37.6 Å². The zero-order valence-electron chi connectivity index (χ0n) is 14.3. The molecule has 1 aliphatic heterocycles. The van der Waals surface area contributed by atoms with E-state index in [2.05, 4.69) is 15.1 Å². The molecule has 1 aromatic heterocycles. The van der Waals surface area contributed by atoms with Crippen LogP contribution in [0.5, 0.6) is 0 Å². The van der Waals surface area contributed by atoms with Crippen molar-refractivity contribution in [2.75, 3.05) is 51.2 Å². The SMILES string of the molecule is O=C(CN1CCN(CCO)CC1)Nc1sc2c(c1C(=O)O)CCCC2. The predicted octanol–water partition coefficient (Wildman–Crippen LogP) is 0.873. The van der Waals surface area contributed by atoms with Gasteiger partial charge in [0.2, 0.25) is 5.91 Å². The summed E-state index contributed by atoms with van der Waals surface area (Å²) in [7, 11) is 0. The highest BCUT2D eigenvalue weighted by Gasteiger charge is 2.26. The maximum absolute atomic E-state index is 12.4. The number of aromatic carboxylic acids is 1. The maximum Gasteiger partial charge on any atom is 0.339 e. The fourth-order valence-electron chi connectivity index (χ4n) is 3.56. The standard InChI is InChI=1S/C17H25N3O4S/c21-10-9-19-5-7-20(8-6-19)11-14(22)18-16-15(17(23)24)12-3-1-2-4-13(12)25-16/h21H,1-11H2,(H,18,22)(H,23,24). The summed E-state index contributed by atoms with van der Waals surface area (Å²) in [6, 6.07) is 0. The number of β-amino-alcohol motifs (C(OH)–C–C–N with tert-alkyl or cyclic N) is 1. The summed E-state index contributed by atoms with van der Waals surface area (Å²) >= 11 is 1.42. The Balaban J connectivity index is 1.60. The molecule has 3 N–H and O–H groups in total. The number of carbonyl (C=O) groups is 2. The number of aliphatic hydroxyl groups is 1. The maximum atomic E-state index is 12.4. The fourth-order valence-corrected chi connectivity index (χ4v) is 4.86.